The molecule has 0 N–H and O–H groups in total. The summed E-state index contributed by atoms with van der Waals surface area (Å²) in [5.74, 6) is -1.14. The summed E-state index contributed by atoms with van der Waals surface area (Å²) >= 11 is 3.42. The number of rotatable bonds is 5. The van der Waals surface area contributed by atoms with Gasteiger partial charge in [0.2, 0.25) is 0 Å². The van der Waals surface area contributed by atoms with Crippen LogP contribution in [0.1, 0.15) is 25.8 Å². The molecule has 0 fully saturated rings. The zero-order valence-corrected chi connectivity index (χ0v) is 15.0. The quantitative estimate of drug-likeness (QED) is 0.456. The number of halogens is 1. The van der Waals surface area contributed by atoms with Crippen LogP contribution in [0.2, 0.25) is 0 Å². The first-order valence-corrected chi connectivity index (χ1v) is 7.56. The van der Waals surface area contributed by atoms with Gasteiger partial charge < -0.3 is 14.3 Å². The van der Waals surface area contributed by atoms with Gasteiger partial charge in [-0.25, -0.2) is 0 Å². The number of carbonyl (C=O) groups is 2. The van der Waals surface area contributed by atoms with Crippen LogP contribution in [0.5, 0.6) is 0 Å². The number of hydrogen-bond donors (Lipinski definition) is 0. The third-order valence-electron chi connectivity index (χ3n) is 2.35. The van der Waals surface area contributed by atoms with Crippen molar-refractivity contribution in [3.63, 3.8) is 0 Å². The van der Waals surface area contributed by atoms with E-state index in [1.165, 1.54) is 7.11 Å². The van der Waals surface area contributed by atoms with Crippen LogP contribution in [-0.4, -0.2) is 33.6 Å². The molecule has 0 saturated carbocycles. The number of benzene rings is 1. The summed E-state index contributed by atoms with van der Waals surface area (Å²) in [6, 6.07) is 7.74. The summed E-state index contributed by atoms with van der Waals surface area (Å²) in [5, 5.41) is 0. The number of hydrogen-bond acceptors (Lipinski definition) is 4. The van der Waals surface area contributed by atoms with E-state index in [0.717, 1.165) is 10.0 Å². The third-order valence-corrected chi connectivity index (χ3v) is 3.12. The van der Waals surface area contributed by atoms with Crippen LogP contribution >= 0.6 is 15.9 Å². The van der Waals surface area contributed by atoms with E-state index in [1.54, 1.807) is 14.2 Å². The molecule has 0 radical (unpaired) electrons. The van der Waals surface area contributed by atoms with Gasteiger partial charge in [-0.3, -0.25) is 4.79 Å². The van der Waals surface area contributed by atoms with Gasteiger partial charge in [-0.1, -0.05) is 48.0 Å². The molecule has 1 unspecified atom stereocenters. The Morgan fingerprint density at radius 2 is 1.76 bits per heavy atom. The number of methoxy groups -OCH3 is 2. The second-order valence-electron chi connectivity index (χ2n) is 3.80. The molecule has 1 atom stereocenters. The maximum atomic E-state index is 11.2. The highest BCUT2D eigenvalue weighted by Gasteiger charge is 2.18. The number of carbonyl (C=O) groups excluding carboxylic acids is 2. The predicted octanol–water partition coefficient (Wildman–Crippen LogP) is 3.66. The molecule has 1 aromatic rings. The van der Waals surface area contributed by atoms with Gasteiger partial charge in [0, 0.05) is 18.7 Å². The molecule has 0 heterocycles. The largest absolute Gasteiger partial charge is 0.468 e. The van der Waals surface area contributed by atoms with Crippen molar-refractivity contribution < 1.29 is 19.1 Å². The second kappa shape index (κ2) is 15.2. The lowest BCUT2D eigenvalue weighted by atomic mass is 10.0. The minimum Gasteiger partial charge on any atom is -0.468 e. The van der Waals surface area contributed by atoms with Gasteiger partial charge in [-0.05, 0) is 24.5 Å². The van der Waals surface area contributed by atoms with Crippen molar-refractivity contribution in [2.45, 2.75) is 26.7 Å². The molecule has 0 aliphatic heterocycles. The molecule has 5 heteroatoms. The lowest BCUT2D eigenvalue weighted by molar-refractivity contribution is -0.147. The first kappa shape index (κ1) is 22.1. The summed E-state index contributed by atoms with van der Waals surface area (Å²) in [5.41, 5.74) is 1.08. The Morgan fingerprint density at radius 1 is 1.24 bits per heavy atom. The Bertz CT molecular complexity index is 394. The molecule has 0 bridgehead atoms. The van der Waals surface area contributed by atoms with E-state index < -0.39 is 11.9 Å². The van der Waals surface area contributed by atoms with Crippen LogP contribution in [0.3, 0.4) is 0 Å². The van der Waals surface area contributed by atoms with Gasteiger partial charge in [0.1, 0.15) is 12.2 Å². The summed E-state index contributed by atoms with van der Waals surface area (Å²) < 4.78 is 9.78. The Balaban J connectivity index is 0. The molecule has 1 rings (SSSR count). The average molecular weight is 361 g/mol. The van der Waals surface area contributed by atoms with Crippen molar-refractivity contribution >= 4 is 28.2 Å². The van der Waals surface area contributed by atoms with Crippen molar-refractivity contribution in [1.29, 1.82) is 0 Å². The fraction of sp³-hybridized carbons (Fsp3) is 0.500. The smallest absolute Gasteiger partial charge is 0.315 e. The van der Waals surface area contributed by atoms with E-state index in [2.05, 4.69) is 25.4 Å². The van der Waals surface area contributed by atoms with Crippen LogP contribution in [0.15, 0.2) is 28.7 Å². The van der Waals surface area contributed by atoms with Gasteiger partial charge in [0.25, 0.3) is 0 Å². The predicted molar refractivity (Wildman–Crippen MR) is 88.3 cm³/mol. The molecule has 1 aromatic carbocycles. The van der Waals surface area contributed by atoms with Crippen molar-refractivity contribution in [3.8, 4) is 0 Å². The van der Waals surface area contributed by atoms with Crippen LogP contribution in [-0.2, 0) is 25.5 Å². The number of ether oxygens (including phenoxy) is 2. The summed E-state index contributed by atoms with van der Waals surface area (Å²) in [4.78, 5) is 21.9. The molecule has 0 spiro atoms. The molecular formula is C16H25BrO4. The molecule has 0 amide bonds. The number of aldehydes is 1. The van der Waals surface area contributed by atoms with Crippen molar-refractivity contribution in [1.82, 2.24) is 0 Å². The molecule has 4 nitrogen and oxygen atoms in total. The molecule has 21 heavy (non-hydrogen) atoms. The molecule has 0 aliphatic carbocycles. The first-order chi connectivity index (χ1) is 10.1. The van der Waals surface area contributed by atoms with Gasteiger partial charge in [-0.2, -0.15) is 0 Å². The molecular weight excluding hydrogens is 336 g/mol. The van der Waals surface area contributed by atoms with Crippen LogP contribution in [0, 0.1) is 5.92 Å². The van der Waals surface area contributed by atoms with Gasteiger partial charge in [0.15, 0.2) is 0 Å². The van der Waals surface area contributed by atoms with E-state index in [0.29, 0.717) is 19.1 Å². The molecule has 0 aliphatic rings. The first-order valence-electron chi connectivity index (χ1n) is 6.77. The average Bonchev–Trinajstić information content (AvgIpc) is 2.52. The highest BCUT2D eigenvalue weighted by Crippen LogP contribution is 2.19. The zero-order chi connectivity index (χ0) is 16.7. The van der Waals surface area contributed by atoms with Crippen molar-refractivity contribution in [3.05, 3.63) is 34.3 Å². The van der Waals surface area contributed by atoms with E-state index in [1.807, 2.05) is 38.1 Å². The molecule has 120 valence electrons. The molecule has 0 aromatic heterocycles. The second-order valence-corrected chi connectivity index (χ2v) is 4.66. The Hall–Kier alpha value is -1.20. The standard InChI is InChI=1S/C12H13BrO3.C2H6O.C2H6/c1-16-12(15)10(8-14)7-6-9-4-2-3-5-11(9)13;1-3-2;1-2/h2-5,8,10H,6-7H2,1H3;1-2H3;1-2H3. The maximum absolute atomic E-state index is 11.2. The van der Waals surface area contributed by atoms with Gasteiger partial charge in [0.05, 0.1) is 7.11 Å². The van der Waals surface area contributed by atoms with E-state index in [9.17, 15) is 9.59 Å². The lowest BCUT2D eigenvalue weighted by Gasteiger charge is -2.08. The number of aryl methyl sites for hydroxylation is 1. The van der Waals surface area contributed by atoms with E-state index in [-0.39, 0.29) is 0 Å². The van der Waals surface area contributed by atoms with Crippen LogP contribution in [0.25, 0.3) is 0 Å². The Kier molecular flexibility index (Phi) is 16.0. The van der Waals surface area contributed by atoms with Crippen molar-refractivity contribution in [2.75, 3.05) is 21.3 Å². The Labute approximate surface area is 136 Å². The summed E-state index contributed by atoms with van der Waals surface area (Å²) in [6.45, 7) is 4.00. The van der Waals surface area contributed by atoms with Crippen molar-refractivity contribution in [2.24, 2.45) is 5.92 Å². The maximum Gasteiger partial charge on any atom is 0.315 e. The summed E-state index contributed by atoms with van der Waals surface area (Å²) in [6.07, 6.45) is 1.78. The van der Waals surface area contributed by atoms with Gasteiger partial charge >= 0.3 is 5.97 Å². The Morgan fingerprint density at radius 3 is 2.19 bits per heavy atom. The SMILES string of the molecule is CC.COC.COC(=O)C(C=O)CCc1ccccc1Br. The monoisotopic (exact) mass is 360 g/mol. The fourth-order valence-electron chi connectivity index (χ4n) is 1.40. The fourth-order valence-corrected chi connectivity index (χ4v) is 1.89. The van der Waals surface area contributed by atoms with E-state index in [4.69, 9.17) is 0 Å². The van der Waals surface area contributed by atoms with Crippen LogP contribution < -0.4 is 0 Å². The lowest BCUT2D eigenvalue weighted by Crippen LogP contribution is -2.18. The number of esters is 1. The highest BCUT2D eigenvalue weighted by molar-refractivity contribution is 9.10. The minimum atomic E-state index is -0.669. The highest BCUT2D eigenvalue weighted by atomic mass is 79.9. The van der Waals surface area contributed by atoms with E-state index >= 15 is 0 Å². The topological polar surface area (TPSA) is 52.6 Å². The molecule has 0 saturated heterocycles. The third kappa shape index (κ3) is 10.2. The van der Waals surface area contributed by atoms with Crippen LogP contribution in [0.4, 0.5) is 0 Å². The normalized spacial score (nSPS) is 10.2. The van der Waals surface area contributed by atoms with Gasteiger partial charge in [-0.15, -0.1) is 0 Å². The minimum absolute atomic E-state index is 0.470. The summed E-state index contributed by atoms with van der Waals surface area (Å²) in [7, 11) is 4.54. The zero-order valence-electron chi connectivity index (χ0n) is 13.4.